The first-order valence-corrected chi connectivity index (χ1v) is 4.39. The fourth-order valence-corrected chi connectivity index (χ4v) is 1.67. The second-order valence-corrected chi connectivity index (χ2v) is 3.30. The quantitative estimate of drug-likeness (QED) is 0.739. The summed E-state index contributed by atoms with van der Waals surface area (Å²) < 4.78 is 0. The van der Waals surface area contributed by atoms with E-state index in [1.165, 1.54) is 0 Å². The predicted octanol–water partition coefficient (Wildman–Crippen LogP) is 2.05. The van der Waals surface area contributed by atoms with E-state index in [-0.39, 0.29) is 5.56 Å². The number of hydrogen-bond donors (Lipinski definition) is 2. The van der Waals surface area contributed by atoms with Gasteiger partial charge in [0.2, 0.25) is 0 Å². The lowest BCUT2D eigenvalue weighted by Gasteiger charge is -1.93. The maximum Gasteiger partial charge on any atom is 0.338 e. The first kappa shape index (κ1) is 9.28. The molecule has 0 saturated carbocycles. The van der Waals surface area contributed by atoms with Crippen molar-refractivity contribution in [1.82, 2.24) is 4.98 Å². The highest BCUT2D eigenvalue weighted by atomic mass is 16.4. The number of benzene rings is 1. The van der Waals surface area contributed by atoms with Crippen LogP contribution in [0.1, 0.15) is 21.6 Å². The van der Waals surface area contributed by atoms with Gasteiger partial charge in [-0.15, -0.1) is 0 Å². The molecule has 0 saturated heterocycles. The molecule has 4 nitrogen and oxygen atoms in total. The van der Waals surface area contributed by atoms with Gasteiger partial charge >= 0.3 is 5.97 Å². The molecule has 0 aliphatic rings. The van der Waals surface area contributed by atoms with Crippen LogP contribution >= 0.6 is 0 Å². The van der Waals surface area contributed by atoms with E-state index in [4.69, 9.17) is 10.4 Å². The number of nitrogens with zero attached hydrogens (tertiary/aromatic N) is 1. The van der Waals surface area contributed by atoms with Crippen molar-refractivity contribution in [3.63, 3.8) is 0 Å². The SMILES string of the molecule is Cc1[nH]c2ccc(C#N)cc2c1C(=O)O. The maximum atomic E-state index is 11.0. The summed E-state index contributed by atoms with van der Waals surface area (Å²) in [6.07, 6.45) is 0. The summed E-state index contributed by atoms with van der Waals surface area (Å²) in [6.45, 7) is 1.70. The molecule has 0 bridgehead atoms. The molecule has 1 heterocycles. The van der Waals surface area contributed by atoms with Crippen molar-refractivity contribution < 1.29 is 9.90 Å². The number of aromatic carboxylic acids is 1. The predicted molar refractivity (Wildman–Crippen MR) is 54.7 cm³/mol. The van der Waals surface area contributed by atoms with Gasteiger partial charge in [-0.2, -0.15) is 5.26 Å². The summed E-state index contributed by atoms with van der Waals surface area (Å²) in [6, 6.07) is 6.95. The minimum atomic E-state index is -0.978. The Morgan fingerprint density at radius 2 is 2.27 bits per heavy atom. The van der Waals surface area contributed by atoms with E-state index in [1.807, 2.05) is 6.07 Å². The molecule has 1 aromatic heterocycles. The van der Waals surface area contributed by atoms with Crippen LogP contribution < -0.4 is 0 Å². The minimum absolute atomic E-state index is 0.238. The van der Waals surface area contributed by atoms with Crippen molar-refractivity contribution in [2.75, 3.05) is 0 Å². The summed E-state index contributed by atoms with van der Waals surface area (Å²) in [5.74, 6) is -0.978. The normalized spacial score (nSPS) is 10.1. The molecule has 2 aromatic rings. The average Bonchev–Trinajstić information content (AvgIpc) is 2.52. The van der Waals surface area contributed by atoms with Gasteiger partial charge in [-0.3, -0.25) is 0 Å². The largest absolute Gasteiger partial charge is 0.478 e. The molecule has 0 unspecified atom stereocenters. The Morgan fingerprint density at radius 3 is 2.87 bits per heavy atom. The number of nitrogens with one attached hydrogen (secondary N) is 1. The van der Waals surface area contributed by atoms with E-state index in [2.05, 4.69) is 4.98 Å². The van der Waals surface area contributed by atoms with E-state index < -0.39 is 5.97 Å². The van der Waals surface area contributed by atoms with Crippen LogP contribution in [0.25, 0.3) is 10.9 Å². The molecular formula is C11H8N2O2. The number of aromatic nitrogens is 1. The molecule has 0 fully saturated rings. The third kappa shape index (κ3) is 1.34. The number of aromatic amines is 1. The maximum absolute atomic E-state index is 11.0. The highest BCUT2D eigenvalue weighted by Crippen LogP contribution is 2.23. The Balaban J connectivity index is 2.85. The first-order valence-electron chi connectivity index (χ1n) is 4.39. The Hall–Kier alpha value is -2.28. The van der Waals surface area contributed by atoms with E-state index in [0.29, 0.717) is 16.6 Å². The molecule has 2 N–H and O–H groups in total. The van der Waals surface area contributed by atoms with Crippen molar-refractivity contribution in [3.8, 4) is 6.07 Å². The van der Waals surface area contributed by atoms with Crippen molar-refractivity contribution in [3.05, 3.63) is 35.0 Å². The molecule has 4 heteroatoms. The summed E-state index contributed by atoms with van der Waals surface area (Å²) >= 11 is 0. The number of fused-ring (bicyclic) bond motifs is 1. The van der Waals surface area contributed by atoms with Gasteiger partial charge in [0.1, 0.15) is 0 Å². The lowest BCUT2D eigenvalue weighted by Crippen LogP contribution is -1.97. The van der Waals surface area contributed by atoms with Gasteiger partial charge in [0.15, 0.2) is 0 Å². The van der Waals surface area contributed by atoms with E-state index in [9.17, 15) is 4.79 Å². The molecule has 0 aliphatic heterocycles. The van der Waals surface area contributed by atoms with Gasteiger partial charge < -0.3 is 10.1 Å². The molecule has 0 amide bonds. The Bertz CT molecular complexity index is 590. The molecule has 0 atom stereocenters. The summed E-state index contributed by atoms with van der Waals surface area (Å²) in [4.78, 5) is 14.0. The molecule has 0 spiro atoms. The number of hydrogen-bond acceptors (Lipinski definition) is 2. The Kier molecular flexibility index (Phi) is 1.94. The van der Waals surface area contributed by atoms with Crippen LogP contribution in [0.4, 0.5) is 0 Å². The molecular weight excluding hydrogens is 192 g/mol. The van der Waals surface area contributed by atoms with Gasteiger partial charge in [-0.25, -0.2) is 4.79 Å². The molecule has 0 aliphatic carbocycles. The van der Waals surface area contributed by atoms with Crippen LogP contribution in [-0.2, 0) is 0 Å². The minimum Gasteiger partial charge on any atom is -0.478 e. The van der Waals surface area contributed by atoms with Crippen molar-refractivity contribution in [1.29, 1.82) is 5.26 Å². The summed E-state index contributed by atoms with van der Waals surface area (Å²) in [7, 11) is 0. The van der Waals surface area contributed by atoms with Gasteiger partial charge in [0.25, 0.3) is 0 Å². The monoisotopic (exact) mass is 200 g/mol. The van der Waals surface area contributed by atoms with Crippen LogP contribution in [0, 0.1) is 18.3 Å². The second-order valence-electron chi connectivity index (χ2n) is 3.30. The van der Waals surface area contributed by atoms with Gasteiger partial charge in [-0.05, 0) is 25.1 Å². The number of carboxylic acids is 1. The zero-order valence-corrected chi connectivity index (χ0v) is 8.03. The first-order chi connectivity index (χ1) is 7.13. The highest BCUT2D eigenvalue weighted by Gasteiger charge is 2.14. The topological polar surface area (TPSA) is 76.9 Å². The van der Waals surface area contributed by atoms with Crippen LogP contribution in [0.3, 0.4) is 0 Å². The zero-order valence-electron chi connectivity index (χ0n) is 8.03. The van der Waals surface area contributed by atoms with Gasteiger partial charge in [0.05, 0.1) is 17.2 Å². The van der Waals surface area contributed by atoms with Crippen molar-refractivity contribution in [2.24, 2.45) is 0 Å². The number of H-pyrrole nitrogens is 1. The van der Waals surface area contributed by atoms with Crippen LogP contribution in [0.2, 0.25) is 0 Å². The number of aryl methyl sites for hydroxylation is 1. The zero-order chi connectivity index (χ0) is 11.0. The van der Waals surface area contributed by atoms with E-state index in [1.54, 1.807) is 25.1 Å². The lowest BCUT2D eigenvalue weighted by molar-refractivity contribution is 0.0698. The Labute approximate surface area is 85.8 Å². The van der Waals surface area contributed by atoms with Crippen LogP contribution in [0.5, 0.6) is 0 Å². The van der Waals surface area contributed by atoms with Crippen molar-refractivity contribution >= 4 is 16.9 Å². The highest BCUT2D eigenvalue weighted by molar-refractivity contribution is 6.04. The summed E-state index contributed by atoms with van der Waals surface area (Å²) in [5, 5.41) is 18.3. The molecule has 2 rings (SSSR count). The van der Waals surface area contributed by atoms with E-state index >= 15 is 0 Å². The third-order valence-corrected chi connectivity index (χ3v) is 2.33. The van der Waals surface area contributed by atoms with Crippen molar-refractivity contribution in [2.45, 2.75) is 6.92 Å². The molecule has 74 valence electrons. The van der Waals surface area contributed by atoms with Gasteiger partial charge in [0, 0.05) is 16.6 Å². The number of rotatable bonds is 1. The standard InChI is InChI=1S/C11H8N2O2/c1-6-10(11(14)15)8-4-7(5-12)2-3-9(8)13-6/h2-4,13H,1H3,(H,14,15). The smallest absolute Gasteiger partial charge is 0.338 e. The number of carboxylic acid groups (broad SMARTS) is 1. The molecule has 0 radical (unpaired) electrons. The molecule has 15 heavy (non-hydrogen) atoms. The second kappa shape index (κ2) is 3.14. The fraction of sp³-hybridized carbons (Fsp3) is 0.0909. The van der Waals surface area contributed by atoms with E-state index in [0.717, 1.165) is 5.52 Å². The lowest BCUT2D eigenvalue weighted by atomic mass is 10.1. The van der Waals surface area contributed by atoms with Gasteiger partial charge in [-0.1, -0.05) is 0 Å². The summed E-state index contributed by atoms with van der Waals surface area (Å²) in [5.41, 5.74) is 2.04. The fourth-order valence-electron chi connectivity index (χ4n) is 1.67. The van der Waals surface area contributed by atoms with Crippen LogP contribution in [0.15, 0.2) is 18.2 Å². The average molecular weight is 200 g/mol. The third-order valence-electron chi connectivity index (χ3n) is 2.33. The molecule has 1 aromatic carbocycles. The number of carbonyl (C=O) groups is 1. The Morgan fingerprint density at radius 1 is 1.53 bits per heavy atom. The number of nitriles is 1. The van der Waals surface area contributed by atoms with Crippen LogP contribution in [-0.4, -0.2) is 16.1 Å².